The van der Waals surface area contributed by atoms with E-state index in [-0.39, 0.29) is 11.3 Å². The number of rotatable bonds is 5. The quantitative estimate of drug-likeness (QED) is 0.448. The molecule has 2 N–H and O–H groups in total. The number of halogens is 1. The standard InChI is InChI=1S/C22H21ClN2O2S/c1-3-25(4-2)12-14-6-5-13(11-16(14)23)19-18(26)8-7-17-20(19)15-9-10-28-21(15)22(27)24-17/h5-11,26H,3-4,12H2,1-2H3,(H,24,27). The van der Waals surface area contributed by atoms with Crippen LogP contribution in [-0.4, -0.2) is 28.1 Å². The summed E-state index contributed by atoms with van der Waals surface area (Å²) in [4.78, 5) is 17.5. The van der Waals surface area contributed by atoms with Crippen LogP contribution in [0.2, 0.25) is 5.02 Å². The Bertz CT molecular complexity index is 1220. The third kappa shape index (κ3) is 3.20. The van der Waals surface area contributed by atoms with E-state index in [1.165, 1.54) is 11.3 Å². The van der Waals surface area contributed by atoms with Crippen LogP contribution in [0.15, 0.2) is 46.6 Å². The molecule has 2 aromatic heterocycles. The number of phenolic OH excluding ortho intramolecular Hbond substituents is 1. The highest BCUT2D eigenvalue weighted by atomic mass is 35.5. The van der Waals surface area contributed by atoms with Gasteiger partial charge in [-0.15, -0.1) is 11.3 Å². The molecular weight excluding hydrogens is 392 g/mol. The summed E-state index contributed by atoms with van der Waals surface area (Å²) in [6.07, 6.45) is 0. The van der Waals surface area contributed by atoms with Gasteiger partial charge in [0.25, 0.3) is 5.56 Å². The van der Waals surface area contributed by atoms with Crippen molar-refractivity contribution in [1.29, 1.82) is 0 Å². The summed E-state index contributed by atoms with van der Waals surface area (Å²) >= 11 is 8.00. The van der Waals surface area contributed by atoms with Crippen LogP contribution in [0.5, 0.6) is 5.75 Å². The molecule has 144 valence electrons. The van der Waals surface area contributed by atoms with E-state index >= 15 is 0 Å². The second-order valence-corrected chi connectivity index (χ2v) is 8.09. The fourth-order valence-electron chi connectivity index (χ4n) is 3.65. The molecular formula is C22H21ClN2O2S. The zero-order chi connectivity index (χ0) is 19.8. The minimum Gasteiger partial charge on any atom is -0.507 e. The van der Waals surface area contributed by atoms with Crippen LogP contribution >= 0.6 is 22.9 Å². The number of hydrogen-bond donors (Lipinski definition) is 2. The lowest BCUT2D eigenvalue weighted by Gasteiger charge is -2.19. The summed E-state index contributed by atoms with van der Waals surface area (Å²) in [5.41, 5.74) is 3.17. The molecule has 0 aliphatic heterocycles. The minimum absolute atomic E-state index is 0.109. The van der Waals surface area contributed by atoms with Gasteiger partial charge in [0, 0.05) is 33.4 Å². The van der Waals surface area contributed by atoms with Crippen molar-refractivity contribution in [3.63, 3.8) is 0 Å². The number of hydrogen-bond acceptors (Lipinski definition) is 4. The summed E-state index contributed by atoms with van der Waals surface area (Å²) in [6, 6.07) is 11.2. The highest BCUT2D eigenvalue weighted by Gasteiger charge is 2.16. The predicted molar refractivity (Wildman–Crippen MR) is 119 cm³/mol. The smallest absolute Gasteiger partial charge is 0.266 e. The van der Waals surface area contributed by atoms with Gasteiger partial charge in [-0.1, -0.05) is 37.6 Å². The van der Waals surface area contributed by atoms with E-state index in [0.29, 0.717) is 20.8 Å². The summed E-state index contributed by atoms with van der Waals surface area (Å²) in [5.74, 6) is 0.166. The fourth-order valence-corrected chi connectivity index (χ4v) is 4.68. The molecule has 0 aliphatic rings. The maximum atomic E-state index is 12.3. The number of pyridine rings is 1. The lowest BCUT2D eigenvalue weighted by Crippen LogP contribution is -2.22. The Morgan fingerprint density at radius 1 is 1.14 bits per heavy atom. The van der Waals surface area contributed by atoms with E-state index in [9.17, 15) is 9.90 Å². The van der Waals surface area contributed by atoms with Gasteiger partial charge in [-0.3, -0.25) is 9.69 Å². The first kappa shape index (κ1) is 19.0. The van der Waals surface area contributed by atoms with E-state index in [1.807, 2.05) is 29.6 Å². The summed E-state index contributed by atoms with van der Waals surface area (Å²) < 4.78 is 0.656. The minimum atomic E-state index is -0.109. The molecule has 0 radical (unpaired) electrons. The number of nitrogens with one attached hydrogen (secondary N) is 1. The molecule has 2 heterocycles. The molecule has 2 aromatic carbocycles. The number of aromatic nitrogens is 1. The molecule has 0 aliphatic carbocycles. The molecule has 0 amide bonds. The van der Waals surface area contributed by atoms with Crippen LogP contribution in [0.3, 0.4) is 0 Å². The maximum Gasteiger partial charge on any atom is 0.266 e. The van der Waals surface area contributed by atoms with Crippen molar-refractivity contribution in [2.45, 2.75) is 20.4 Å². The van der Waals surface area contributed by atoms with Crippen LogP contribution in [0.4, 0.5) is 0 Å². The monoisotopic (exact) mass is 412 g/mol. The van der Waals surface area contributed by atoms with Crippen molar-refractivity contribution in [2.24, 2.45) is 0 Å². The number of nitrogens with zero attached hydrogens (tertiary/aromatic N) is 1. The molecule has 4 rings (SSSR count). The van der Waals surface area contributed by atoms with Crippen LogP contribution in [-0.2, 0) is 6.54 Å². The lowest BCUT2D eigenvalue weighted by molar-refractivity contribution is 0.296. The van der Waals surface area contributed by atoms with Gasteiger partial charge in [-0.25, -0.2) is 0 Å². The molecule has 4 aromatic rings. The second-order valence-electron chi connectivity index (χ2n) is 6.77. The first-order valence-electron chi connectivity index (χ1n) is 9.29. The van der Waals surface area contributed by atoms with Gasteiger partial charge in [-0.05, 0) is 53.9 Å². The Kier molecular flexibility index (Phi) is 5.15. The van der Waals surface area contributed by atoms with Gasteiger partial charge in [0.15, 0.2) is 0 Å². The second kappa shape index (κ2) is 7.59. The predicted octanol–water partition coefficient (Wildman–Crippen LogP) is 5.61. The van der Waals surface area contributed by atoms with Crippen molar-refractivity contribution in [1.82, 2.24) is 9.88 Å². The van der Waals surface area contributed by atoms with Crippen LogP contribution in [0, 0.1) is 0 Å². The topological polar surface area (TPSA) is 56.3 Å². The number of aromatic hydroxyl groups is 1. The summed E-state index contributed by atoms with van der Waals surface area (Å²) in [5, 5.41) is 14.9. The first-order chi connectivity index (χ1) is 13.5. The van der Waals surface area contributed by atoms with Gasteiger partial charge < -0.3 is 10.1 Å². The van der Waals surface area contributed by atoms with Crippen LogP contribution in [0.1, 0.15) is 19.4 Å². The normalized spacial score (nSPS) is 11.7. The van der Waals surface area contributed by atoms with Crippen molar-refractivity contribution >= 4 is 43.9 Å². The van der Waals surface area contributed by atoms with Gasteiger partial charge in [-0.2, -0.15) is 0 Å². The number of thiophene rings is 1. The Morgan fingerprint density at radius 2 is 1.93 bits per heavy atom. The van der Waals surface area contributed by atoms with Crippen molar-refractivity contribution < 1.29 is 5.11 Å². The molecule has 0 fully saturated rings. The van der Waals surface area contributed by atoms with Crippen molar-refractivity contribution in [2.75, 3.05) is 13.1 Å². The molecule has 0 atom stereocenters. The molecule has 0 saturated carbocycles. The fraction of sp³-hybridized carbons (Fsp3) is 0.227. The SMILES string of the molecule is CCN(CC)Cc1ccc(-c2c(O)ccc3[nH]c(=O)c4sccc4c23)cc1Cl. The molecule has 0 unspecified atom stereocenters. The largest absolute Gasteiger partial charge is 0.507 e. The van der Waals surface area contributed by atoms with Crippen molar-refractivity contribution in [3.05, 3.63) is 62.7 Å². The van der Waals surface area contributed by atoms with Gasteiger partial charge in [0.2, 0.25) is 0 Å². The molecule has 0 saturated heterocycles. The maximum absolute atomic E-state index is 12.3. The van der Waals surface area contributed by atoms with E-state index < -0.39 is 0 Å². The third-order valence-corrected chi connectivity index (χ3v) is 6.47. The molecule has 0 spiro atoms. The Morgan fingerprint density at radius 3 is 2.64 bits per heavy atom. The average Bonchev–Trinajstić information content (AvgIpc) is 3.18. The molecule has 6 heteroatoms. The molecule has 28 heavy (non-hydrogen) atoms. The third-order valence-electron chi connectivity index (χ3n) is 5.20. The summed E-state index contributed by atoms with van der Waals surface area (Å²) in [6.45, 7) is 6.97. The van der Waals surface area contributed by atoms with Crippen molar-refractivity contribution in [3.8, 4) is 16.9 Å². The average molecular weight is 413 g/mol. The van der Waals surface area contributed by atoms with E-state index in [1.54, 1.807) is 12.1 Å². The zero-order valence-electron chi connectivity index (χ0n) is 15.8. The lowest BCUT2D eigenvalue weighted by atomic mass is 9.96. The van der Waals surface area contributed by atoms with Gasteiger partial charge in [0.05, 0.1) is 0 Å². The molecule has 4 nitrogen and oxygen atoms in total. The van der Waals surface area contributed by atoms with E-state index in [0.717, 1.165) is 41.5 Å². The number of phenols is 1. The van der Waals surface area contributed by atoms with Crippen LogP contribution < -0.4 is 5.56 Å². The Balaban J connectivity index is 1.92. The number of H-pyrrole nitrogens is 1. The highest BCUT2D eigenvalue weighted by molar-refractivity contribution is 7.17. The van der Waals surface area contributed by atoms with Gasteiger partial charge in [0.1, 0.15) is 10.4 Å². The van der Waals surface area contributed by atoms with E-state index in [4.69, 9.17) is 11.6 Å². The summed E-state index contributed by atoms with van der Waals surface area (Å²) in [7, 11) is 0. The number of fused-ring (bicyclic) bond motifs is 3. The van der Waals surface area contributed by atoms with E-state index in [2.05, 4.69) is 23.7 Å². The zero-order valence-corrected chi connectivity index (χ0v) is 17.3. The van der Waals surface area contributed by atoms with Gasteiger partial charge >= 0.3 is 0 Å². The number of aromatic amines is 1. The number of benzene rings is 2. The molecule has 0 bridgehead atoms. The highest BCUT2D eigenvalue weighted by Crippen LogP contribution is 2.40. The Labute approximate surface area is 172 Å². The van der Waals surface area contributed by atoms with Crippen LogP contribution in [0.25, 0.3) is 32.1 Å². The Hall–Kier alpha value is -2.34. The first-order valence-corrected chi connectivity index (χ1v) is 10.6.